The van der Waals surface area contributed by atoms with Crippen LogP contribution in [-0.4, -0.2) is 44.3 Å². The van der Waals surface area contributed by atoms with Gasteiger partial charge in [0.1, 0.15) is 18.1 Å². The maximum atomic E-state index is 12.7. The van der Waals surface area contributed by atoms with Crippen LogP contribution in [0, 0.1) is 20.8 Å². The van der Waals surface area contributed by atoms with E-state index < -0.39 is 5.97 Å². The molecule has 2 N–H and O–H groups in total. The van der Waals surface area contributed by atoms with E-state index in [9.17, 15) is 9.59 Å². The molecule has 26 heavy (non-hydrogen) atoms. The Morgan fingerprint density at radius 1 is 1.12 bits per heavy atom. The number of hydrogen-bond donors (Lipinski definition) is 2. The third kappa shape index (κ3) is 4.23. The highest BCUT2D eigenvalue weighted by Gasteiger charge is 2.23. The summed E-state index contributed by atoms with van der Waals surface area (Å²) in [7, 11) is 2.90. The molecule has 0 atom stereocenters. The molecule has 0 fully saturated rings. The number of aromatic nitrogens is 1. The molecule has 0 bridgehead atoms. The second-order valence-corrected chi connectivity index (χ2v) is 5.91. The van der Waals surface area contributed by atoms with Gasteiger partial charge in [0, 0.05) is 12.8 Å². The van der Waals surface area contributed by atoms with Crippen molar-refractivity contribution in [3.05, 3.63) is 46.3 Å². The largest absolute Gasteiger partial charge is 0.489 e. The molecule has 0 radical (unpaired) electrons. The van der Waals surface area contributed by atoms with Crippen LogP contribution in [0.3, 0.4) is 0 Å². The lowest BCUT2D eigenvalue weighted by atomic mass is 10.1. The summed E-state index contributed by atoms with van der Waals surface area (Å²) in [6.45, 7) is 6.18. The van der Waals surface area contributed by atoms with Gasteiger partial charge < -0.3 is 24.5 Å². The fourth-order valence-corrected chi connectivity index (χ4v) is 2.66. The van der Waals surface area contributed by atoms with Crippen LogP contribution in [0.25, 0.3) is 0 Å². The van der Waals surface area contributed by atoms with E-state index in [4.69, 9.17) is 14.2 Å². The molecule has 0 spiro atoms. The first-order valence-corrected chi connectivity index (χ1v) is 8.20. The van der Waals surface area contributed by atoms with E-state index >= 15 is 0 Å². The van der Waals surface area contributed by atoms with Crippen molar-refractivity contribution in [3.8, 4) is 5.75 Å². The number of hydrogen-bond acceptors (Lipinski definition) is 5. The second-order valence-electron chi connectivity index (χ2n) is 5.91. The van der Waals surface area contributed by atoms with Crippen LogP contribution in [0.5, 0.6) is 5.75 Å². The number of carbonyl (C=O) groups is 2. The molecule has 2 rings (SSSR count). The lowest BCUT2D eigenvalue weighted by Crippen LogP contribution is -2.15. The van der Waals surface area contributed by atoms with E-state index in [1.807, 2.05) is 19.1 Å². The number of amides is 1. The summed E-state index contributed by atoms with van der Waals surface area (Å²) in [6, 6.07) is 5.51. The lowest BCUT2D eigenvalue weighted by molar-refractivity contribution is 0.0599. The van der Waals surface area contributed by atoms with Gasteiger partial charge in [-0.3, -0.25) is 4.79 Å². The molecule has 7 heteroatoms. The topological polar surface area (TPSA) is 89.7 Å². The first-order valence-electron chi connectivity index (χ1n) is 8.20. The van der Waals surface area contributed by atoms with Crippen LogP contribution in [0.15, 0.2) is 18.2 Å². The molecule has 0 aliphatic rings. The average molecular weight is 360 g/mol. The molecule has 0 aliphatic carbocycles. The standard InChI is InChI=1S/C19H24N2O5/c1-11-6-7-14(15(10-11)26-9-8-24-4)21-18(22)17-12(2)16(13(3)20-17)19(23)25-5/h6-7,10,20H,8-9H2,1-5H3,(H,21,22). The zero-order valence-electron chi connectivity index (χ0n) is 15.7. The minimum Gasteiger partial charge on any atom is -0.489 e. The first-order chi connectivity index (χ1) is 12.4. The summed E-state index contributed by atoms with van der Waals surface area (Å²) >= 11 is 0. The summed E-state index contributed by atoms with van der Waals surface area (Å²) in [5.74, 6) is -0.278. The Hall–Kier alpha value is -2.80. The van der Waals surface area contributed by atoms with Gasteiger partial charge in [-0.1, -0.05) is 6.07 Å². The molecular weight excluding hydrogens is 336 g/mol. The molecule has 1 aromatic heterocycles. The highest BCUT2D eigenvalue weighted by molar-refractivity contribution is 6.07. The van der Waals surface area contributed by atoms with E-state index in [2.05, 4.69) is 10.3 Å². The number of H-pyrrole nitrogens is 1. The zero-order valence-corrected chi connectivity index (χ0v) is 15.7. The minimum absolute atomic E-state index is 0.311. The lowest BCUT2D eigenvalue weighted by Gasteiger charge is -2.13. The fraction of sp³-hybridized carbons (Fsp3) is 0.368. The van der Waals surface area contributed by atoms with Crippen LogP contribution < -0.4 is 10.1 Å². The summed E-state index contributed by atoms with van der Waals surface area (Å²) in [4.78, 5) is 27.5. The maximum Gasteiger partial charge on any atom is 0.339 e. The monoisotopic (exact) mass is 360 g/mol. The third-order valence-corrected chi connectivity index (χ3v) is 3.98. The van der Waals surface area contributed by atoms with Gasteiger partial charge in [0.15, 0.2) is 0 Å². The van der Waals surface area contributed by atoms with Crippen LogP contribution >= 0.6 is 0 Å². The molecule has 1 aromatic carbocycles. The Bertz CT molecular complexity index is 811. The van der Waals surface area contributed by atoms with Crippen molar-refractivity contribution in [3.63, 3.8) is 0 Å². The average Bonchev–Trinajstić information content (AvgIpc) is 2.91. The molecule has 1 amide bonds. The van der Waals surface area contributed by atoms with Crippen molar-refractivity contribution in [2.75, 3.05) is 32.8 Å². The second kappa shape index (κ2) is 8.53. The number of aryl methyl sites for hydroxylation is 2. The number of nitrogens with one attached hydrogen (secondary N) is 2. The van der Waals surface area contributed by atoms with Crippen LogP contribution in [0.1, 0.15) is 37.7 Å². The molecule has 0 unspecified atom stereocenters. The Morgan fingerprint density at radius 2 is 1.85 bits per heavy atom. The van der Waals surface area contributed by atoms with Crippen molar-refractivity contribution in [2.24, 2.45) is 0 Å². The minimum atomic E-state index is -0.478. The molecule has 1 heterocycles. The van der Waals surface area contributed by atoms with Crippen molar-refractivity contribution in [1.82, 2.24) is 4.98 Å². The summed E-state index contributed by atoms with van der Waals surface area (Å²) in [5, 5.41) is 2.83. The van der Waals surface area contributed by atoms with Crippen molar-refractivity contribution < 1.29 is 23.8 Å². The predicted molar refractivity (Wildman–Crippen MR) is 98.1 cm³/mol. The highest BCUT2D eigenvalue weighted by Crippen LogP contribution is 2.27. The quantitative estimate of drug-likeness (QED) is 0.585. The van der Waals surface area contributed by atoms with Crippen LogP contribution in [-0.2, 0) is 9.47 Å². The Kier molecular flexibility index (Phi) is 6.41. The van der Waals surface area contributed by atoms with Gasteiger partial charge in [0.2, 0.25) is 0 Å². The number of carbonyl (C=O) groups excluding carboxylic acids is 2. The number of methoxy groups -OCH3 is 2. The van der Waals surface area contributed by atoms with E-state index in [0.29, 0.717) is 47.2 Å². The van der Waals surface area contributed by atoms with E-state index in [-0.39, 0.29) is 5.91 Å². The Morgan fingerprint density at radius 3 is 2.50 bits per heavy atom. The summed E-state index contributed by atoms with van der Waals surface area (Å²) in [5.41, 5.74) is 3.36. The van der Waals surface area contributed by atoms with E-state index in [0.717, 1.165) is 5.56 Å². The number of anilines is 1. The normalized spacial score (nSPS) is 10.5. The molecular formula is C19H24N2O5. The smallest absolute Gasteiger partial charge is 0.339 e. The number of benzene rings is 1. The third-order valence-electron chi connectivity index (χ3n) is 3.98. The zero-order chi connectivity index (χ0) is 19.3. The number of rotatable bonds is 7. The molecule has 0 saturated heterocycles. The van der Waals surface area contributed by atoms with Gasteiger partial charge >= 0.3 is 5.97 Å². The molecule has 0 saturated carbocycles. The molecule has 2 aromatic rings. The van der Waals surface area contributed by atoms with Crippen molar-refractivity contribution in [1.29, 1.82) is 0 Å². The highest BCUT2D eigenvalue weighted by atomic mass is 16.5. The number of aromatic amines is 1. The van der Waals surface area contributed by atoms with Gasteiger partial charge in [-0.25, -0.2) is 4.79 Å². The van der Waals surface area contributed by atoms with Gasteiger partial charge in [0.25, 0.3) is 5.91 Å². The predicted octanol–water partition coefficient (Wildman–Crippen LogP) is 3.00. The Labute approximate surface area is 152 Å². The number of ether oxygens (including phenoxy) is 3. The van der Waals surface area contributed by atoms with Crippen LogP contribution in [0.2, 0.25) is 0 Å². The van der Waals surface area contributed by atoms with Gasteiger partial charge in [0.05, 0.1) is 25.0 Å². The Balaban J connectivity index is 2.26. The fourth-order valence-electron chi connectivity index (χ4n) is 2.66. The van der Waals surface area contributed by atoms with Crippen LogP contribution in [0.4, 0.5) is 5.69 Å². The van der Waals surface area contributed by atoms with Crippen molar-refractivity contribution >= 4 is 17.6 Å². The van der Waals surface area contributed by atoms with Gasteiger partial charge in [-0.15, -0.1) is 0 Å². The van der Waals surface area contributed by atoms with Gasteiger partial charge in [-0.05, 0) is 44.0 Å². The number of esters is 1. The van der Waals surface area contributed by atoms with Gasteiger partial charge in [-0.2, -0.15) is 0 Å². The summed E-state index contributed by atoms with van der Waals surface area (Å²) in [6.07, 6.45) is 0. The molecule has 0 aliphatic heterocycles. The molecule has 140 valence electrons. The van der Waals surface area contributed by atoms with E-state index in [1.165, 1.54) is 7.11 Å². The summed E-state index contributed by atoms with van der Waals surface area (Å²) < 4.78 is 15.4. The van der Waals surface area contributed by atoms with Crippen molar-refractivity contribution in [2.45, 2.75) is 20.8 Å². The maximum absolute atomic E-state index is 12.7. The SMILES string of the molecule is COCCOc1cc(C)ccc1NC(=O)c1[nH]c(C)c(C(=O)OC)c1C. The van der Waals surface area contributed by atoms with E-state index in [1.54, 1.807) is 27.0 Å². The molecule has 7 nitrogen and oxygen atoms in total. The first kappa shape index (κ1) is 19.5.